The topological polar surface area (TPSA) is 17.3 Å². The monoisotopic (exact) mass is 482 g/mol. The second kappa shape index (κ2) is 5.57. The number of hydrogen-bond donors (Lipinski definition) is 0. The van der Waals surface area contributed by atoms with Crippen LogP contribution in [-0.4, -0.2) is 50.8 Å². The molecule has 0 unspecified atom stereocenters. The fourth-order valence-electron chi connectivity index (χ4n) is 7.83. The first-order valence-corrected chi connectivity index (χ1v) is 17.0. The molecule has 36 heavy (non-hydrogen) atoms. The van der Waals surface area contributed by atoms with E-state index in [2.05, 4.69) is 104 Å². The molecule has 0 amide bonds. The van der Waals surface area contributed by atoms with Gasteiger partial charge in [-0.2, -0.15) is 0 Å². The van der Waals surface area contributed by atoms with Gasteiger partial charge >= 0.3 is 215 Å². The van der Waals surface area contributed by atoms with E-state index in [1.165, 1.54) is 49.4 Å². The molecule has 4 fully saturated rings. The molecular weight excluding hydrogens is 466 g/mol. The van der Waals surface area contributed by atoms with Crippen LogP contribution in [0.1, 0.15) is 11.1 Å². The third-order valence-corrected chi connectivity index (χ3v) is 18.5. The summed E-state index contributed by atoms with van der Waals surface area (Å²) in [5, 5.41) is 4.37. The van der Waals surface area contributed by atoms with Crippen molar-refractivity contribution >= 4 is 104 Å². The average Bonchev–Trinajstić information content (AvgIpc) is 3.82. The SMILES string of the molecule is [B]1B2[B-]P12(N=[P+]1B2[B-]B21)c1cccc2c1Cc1ccc3c4ccccc4n4c3c1B2c1ccccc1-4. The van der Waals surface area contributed by atoms with E-state index in [1.54, 1.807) is 10.9 Å². The normalized spacial score (nSPS) is 22.1. The molecule has 1 aromatic heterocycles. The van der Waals surface area contributed by atoms with Crippen LogP contribution in [0.3, 0.4) is 0 Å². The van der Waals surface area contributed by atoms with Crippen LogP contribution in [0.5, 0.6) is 0 Å². The van der Waals surface area contributed by atoms with E-state index in [0.717, 1.165) is 18.8 Å². The Morgan fingerprint density at radius 1 is 0.889 bits per heavy atom. The van der Waals surface area contributed by atoms with Gasteiger partial charge in [0, 0.05) is 0 Å². The minimum absolute atomic E-state index is 0.0576. The molecule has 0 N–H and O–H groups in total. The molecule has 5 radical (unpaired) electrons. The summed E-state index contributed by atoms with van der Waals surface area (Å²) in [6.07, 6.45) is 1.29. The third kappa shape index (κ3) is 1.92. The molecule has 0 bridgehead atoms. The second-order valence-corrected chi connectivity index (χ2v) is 18.5. The summed E-state index contributed by atoms with van der Waals surface area (Å²) in [5.41, 5.74) is 11.7. The van der Waals surface area contributed by atoms with Gasteiger partial charge < -0.3 is 0 Å². The van der Waals surface area contributed by atoms with Crippen molar-refractivity contribution in [2.45, 2.75) is 6.42 Å². The maximum absolute atomic E-state index is 5.74. The number of nitrogens with zero attached hydrogens (tertiary/aromatic N) is 2. The molecule has 2 nitrogen and oxygen atoms in total. The third-order valence-electron chi connectivity index (χ3n) is 9.94. The van der Waals surface area contributed by atoms with Crippen molar-refractivity contribution in [3.05, 3.63) is 90.0 Å². The Bertz CT molecular complexity index is 1970. The number of aromatic nitrogens is 1. The van der Waals surface area contributed by atoms with E-state index >= 15 is 0 Å². The molecular formula is C25H15B7N2P2-. The molecule has 4 saturated heterocycles. The van der Waals surface area contributed by atoms with Crippen LogP contribution in [0, 0.1) is 0 Å². The zero-order valence-electron chi connectivity index (χ0n) is 19.5. The van der Waals surface area contributed by atoms with Gasteiger partial charge in [-0.1, -0.05) is 0 Å². The Labute approximate surface area is 214 Å². The molecule has 11 heteroatoms. The summed E-state index contributed by atoms with van der Waals surface area (Å²) >= 11 is 0. The van der Waals surface area contributed by atoms with Gasteiger partial charge in [0.2, 0.25) is 0 Å². The summed E-state index contributed by atoms with van der Waals surface area (Å²) in [7, 11) is 2.45. The first-order valence-electron chi connectivity index (χ1n) is 13.1. The van der Waals surface area contributed by atoms with E-state index in [4.69, 9.17) is 4.52 Å². The Hall–Kier alpha value is -2.34. The van der Waals surface area contributed by atoms with Crippen molar-refractivity contribution in [1.82, 2.24) is 4.57 Å². The van der Waals surface area contributed by atoms with Gasteiger partial charge in [-0.15, -0.1) is 0 Å². The van der Waals surface area contributed by atoms with Gasteiger partial charge in [0.1, 0.15) is 0 Å². The van der Waals surface area contributed by atoms with E-state index in [9.17, 15) is 0 Å². The molecule has 6 aliphatic rings. The van der Waals surface area contributed by atoms with E-state index in [0.29, 0.717) is 12.9 Å². The fourth-order valence-corrected chi connectivity index (χ4v) is 17.3. The van der Waals surface area contributed by atoms with Crippen LogP contribution in [0.25, 0.3) is 27.5 Å². The van der Waals surface area contributed by atoms with E-state index in [1.807, 2.05) is 0 Å². The molecule has 157 valence electrons. The van der Waals surface area contributed by atoms with Crippen LogP contribution >= 0.6 is 13.9 Å². The molecule has 0 aliphatic carbocycles. The summed E-state index contributed by atoms with van der Waals surface area (Å²) in [6, 6.07) is 30.2. The number of hydrogen-bond acceptors (Lipinski definition) is 1. The molecule has 0 atom stereocenters. The van der Waals surface area contributed by atoms with Crippen molar-refractivity contribution in [3.63, 3.8) is 0 Å². The Kier molecular flexibility index (Phi) is 2.92. The number of para-hydroxylation sites is 2. The van der Waals surface area contributed by atoms with Crippen LogP contribution in [0.2, 0.25) is 0 Å². The molecule has 0 spiro atoms. The predicted molar refractivity (Wildman–Crippen MR) is 165 cm³/mol. The van der Waals surface area contributed by atoms with Gasteiger partial charge in [-0.3, -0.25) is 0 Å². The van der Waals surface area contributed by atoms with E-state index < -0.39 is 6.39 Å². The van der Waals surface area contributed by atoms with Crippen LogP contribution in [0.4, 0.5) is 0 Å². The van der Waals surface area contributed by atoms with Crippen molar-refractivity contribution in [3.8, 4) is 5.69 Å². The second-order valence-electron chi connectivity index (χ2n) is 11.6. The van der Waals surface area contributed by atoms with Crippen molar-refractivity contribution in [1.29, 1.82) is 0 Å². The maximum atomic E-state index is 5.74. The van der Waals surface area contributed by atoms with Crippen LogP contribution < -0.4 is 21.7 Å². The summed E-state index contributed by atoms with van der Waals surface area (Å²) in [4.78, 5) is 0. The molecule has 5 aromatic rings. The Morgan fingerprint density at radius 3 is 2.53 bits per heavy atom. The molecule has 7 heterocycles. The summed E-state index contributed by atoms with van der Waals surface area (Å²) in [5.74, 6) is 0. The van der Waals surface area contributed by atoms with Gasteiger partial charge in [-0.05, 0) is 0 Å². The van der Waals surface area contributed by atoms with Crippen molar-refractivity contribution in [2.75, 3.05) is 0 Å². The van der Waals surface area contributed by atoms with E-state index in [-0.39, 0.29) is 7.47 Å². The quantitative estimate of drug-likeness (QED) is 0.267. The Balaban J connectivity index is 1.25. The first kappa shape index (κ1) is 18.8. The zero-order chi connectivity index (χ0) is 23.0. The molecule has 6 aliphatic heterocycles. The van der Waals surface area contributed by atoms with Crippen LogP contribution in [-0.2, 0) is 6.42 Å². The van der Waals surface area contributed by atoms with Gasteiger partial charge in [0.25, 0.3) is 0 Å². The average molecular weight is 481 g/mol. The predicted octanol–water partition coefficient (Wildman–Crippen LogP) is 2.31. The standard InChI is InChI=1S/C25H15B7N2P2/c1-3-9-21-16(6-1)17-13-12-15-14-18-19(29-20-7-2-4-10-22(20)34(21)25(17)24(15)29)8-5-11-23(18)36(27-30(36)28-36)33-35-31-26-32(31)35/h1-13H,14H2/q-1. The van der Waals surface area contributed by atoms with Gasteiger partial charge in [-0.25, -0.2) is 0 Å². The molecule has 4 aromatic carbocycles. The van der Waals surface area contributed by atoms with Crippen LogP contribution in [0.15, 0.2) is 83.4 Å². The van der Waals surface area contributed by atoms with Crippen molar-refractivity contribution < 1.29 is 0 Å². The Morgan fingerprint density at radius 2 is 1.69 bits per heavy atom. The molecule has 11 rings (SSSR count). The summed E-state index contributed by atoms with van der Waals surface area (Å²) < 4.78 is 8.28. The number of rotatable bonds is 2. The van der Waals surface area contributed by atoms with Gasteiger partial charge in [0.15, 0.2) is 0 Å². The fraction of sp³-hybridized carbons (Fsp3) is 0.0400. The zero-order valence-corrected chi connectivity index (χ0v) is 21.3. The van der Waals surface area contributed by atoms with Gasteiger partial charge in [0.05, 0.1) is 0 Å². The number of benzene rings is 4. The van der Waals surface area contributed by atoms with Crippen molar-refractivity contribution in [2.24, 2.45) is 4.52 Å². The minimum atomic E-state index is -2.19. The molecule has 0 saturated carbocycles. The number of fused-ring (bicyclic) bond motifs is 10. The first-order chi connectivity index (χ1) is 17.8. The summed E-state index contributed by atoms with van der Waals surface area (Å²) in [6.45, 7) is 5.62.